The Morgan fingerprint density at radius 3 is 2.54 bits per heavy atom. The van der Waals surface area contributed by atoms with Crippen molar-refractivity contribution >= 4 is 58.1 Å². The molecule has 188 valence electrons. The number of benzene rings is 1. The van der Waals surface area contributed by atoms with Crippen LogP contribution in [-0.2, 0) is 13.0 Å². The predicted octanol–water partition coefficient (Wildman–Crippen LogP) is 2.10. The quantitative estimate of drug-likeness (QED) is 0.345. The van der Waals surface area contributed by atoms with Crippen LogP contribution in [-0.4, -0.2) is 74.8 Å². The predicted molar refractivity (Wildman–Crippen MR) is 136 cm³/mol. The number of thiazole rings is 1. The number of fused-ring (bicyclic) bond motifs is 2. The summed E-state index contributed by atoms with van der Waals surface area (Å²) in [6, 6.07) is 5.88. The van der Waals surface area contributed by atoms with Crippen LogP contribution in [0.15, 0.2) is 24.3 Å². The van der Waals surface area contributed by atoms with Crippen LogP contribution in [0.3, 0.4) is 0 Å². The second-order valence-electron chi connectivity index (χ2n) is 9.06. The Balaban J connectivity index is 0.00000289. The average Bonchev–Trinajstić information content (AvgIpc) is 3.40. The Bertz CT molecular complexity index is 1250. The fourth-order valence-corrected chi connectivity index (χ4v) is 5.88. The number of aliphatic hydroxyl groups is 2. The number of likely N-dealkylation sites (N-methyl/N-ethyl adjacent to an activating group) is 1. The minimum atomic E-state index is -0.998. The fourth-order valence-electron chi connectivity index (χ4n) is 4.60. The molecule has 5 rings (SSSR count). The summed E-state index contributed by atoms with van der Waals surface area (Å²) < 4.78 is 0. The van der Waals surface area contributed by atoms with Gasteiger partial charge in [0.05, 0.1) is 30.0 Å². The van der Waals surface area contributed by atoms with Crippen LogP contribution in [0, 0.1) is 0 Å². The maximum Gasteiger partial charge on any atom is 0.280 e. The van der Waals surface area contributed by atoms with E-state index in [1.807, 2.05) is 7.05 Å². The molecule has 1 fully saturated rings. The summed E-state index contributed by atoms with van der Waals surface area (Å²) in [5.74, 6) is -0.706. The van der Waals surface area contributed by atoms with Gasteiger partial charge in [-0.15, -0.1) is 23.7 Å². The van der Waals surface area contributed by atoms with Gasteiger partial charge in [-0.3, -0.25) is 9.59 Å². The molecule has 0 spiro atoms. The molecule has 9 nitrogen and oxygen atoms in total. The van der Waals surface area contributed by atoms with Crippen LogP contribution < -0.4 is 10.6 Å². The molecule has 0 radical (unpaired) electrons. The number of amides is 2. The van der Waals surface area contributed by atoms with Gasteiger partial charge in [0.2, 0.25) is 0 Å². The molecular weight excluding hydrogens is 513 g/mol. The van der Waals surface area contributed by atoms with Gasteiger partial charge in [0.1, 0.15) is 5.69 Å². The molecule has 1 saturated carbocycles. The molecule has 1 aromatic carbocycles. The van der Waals surface area contributed by atoms with Crippen LogP contribution >= 0.6 is 35.3 Å². The lowest BCUT2D eigenvalue weighted by atomic mass is 9.86. The second kappa shape index (κ2) is 10.4. The van der Waals surface area contributed by atoms with Crippen molar-refractivity contribution in [3.8, 4) is 0 Å². The fraction of sp³-hybridized carbons (Fsp3) is 0.435. The maximum absolute atomic E-state index is 13.0. The SMILES string of the molecule is CN1CCc2nc(C(=O)NC3CC(O)C(O)CC3NC(=O)c3cc4cc(Cl)ccc4[nH]3)sc2C1.Cl. The highest BCUT2D eigenvalue weighted by Crippen LogP contribution is 2.26. The van der Waals surface area contributed by atoms with Crippen molar-refractivity contribution in [2.24, 2.45) is 0 Å². The van der Waals surface area contributed by atoms with Gasteiger partial charge in [-0.25, -0.2) is 4.98 Å². The summed E-state index contributed by atoms with van der Waals surface area (Å²) >= 11 is 7.41. The van der Waals surface area contributed by atoms with Crippen molar-refractivity contribution < 1.29 is 19.8 Å². The number of aliphatic hydroxyl groups excluding tert-OH is 2. The molecule has 12 heteroatoms. The summed E-state index contributed by atoms with van der Waals surface area (Å²) in [5, 5.41) is 28.1. The molecule has 1 aliphatic heterocycles. The third kappa shape index (κ3) is 5.47. The van der Waals surface area contributed by atoms with E-state index in [9.17, 15) is 19.8 Å². The van der Waals surface area contributed by atoms with Crippen LogP contribution in [0.2, 0.25) is 5.02 Å². The molecule has 0 saturated heterocycles. The molecule has 2 aromatic heterocycles. The number of halogens is 2. The first-order valence-corrected chi connectivity index (χ1v) is 12.4. The Kier molecular flexibility index (Phi) is 7.70. The van der Waals surface area contributed by atoms with Crippen LogP contribution in [0.1, 0.15) is 43.7 Å². The van der Waals surface area contributed by atoms with Crippen molar-refractivity contribution in [2.45, 2.75) is 50.1 Å². The normalized spacial score (nSPS) is 24.5. The van der Waals surface area contributed by atoms with Crippen molar-refractivity contribution in [3.63, 3.8) is 0 Å². The minimum absolute atomic E-state index is 0. The molecule has 35 heavy (non-hydrogen) atoms. The number of hydrogen-bond acceptors (Lipinski definition) is 7. The number of nitrogens with zero attached hydrogens (tertiary/aromatic N) is 2. The molecule has 3 aromatic rings. The van der Waals surface area contributed by atoms with E-state index in [2.05, 4.69) is 25.5 Å². The first-order valence-electron chi connectivity index (χ1n) is 11.2. The van der Waals surface area contributed by atoms with E-state index in [0.717, 1.165) is 41.0 Å². The lowest BCUT2D eigenvalue weighted by molar-refractivity contribution is -0.0275. The Hall–Kier alpha value is -2.21. The third-order valence-corrected chi connectivity index (χ3v) is 7.81. The number of aromatic nitrogens is 2. The molecule has 2 amide bonds. The first-order chi connectivity index (χ1) is 16.3. The Morgan fingerprint density at radius 1 is 1.14 bits per heavy atom. The highest BCUT2D eigenvalue weighted by atomic mass is 35.5. The van der Waals surface area contributed by atoms with Gasteiger partial charge in [0.25, 0.3) is 11.8 Å². The first kappa shape index (κ1) is 25.9. The monoisotopic (exact) mass is 539 g/mol. The summed E-state index contributed by atoms with van der Waals surface area (Å²) in [6.07, 6.45) is -0.954. The summed E-state index contributed by atoms with van der Waals surface area (Å²) in [6.45, 7) is 1.67. The molecule has 2 aliphatic rings. The maximum atomic E-state index is 13.0. The lowest BCUT2D eigenvalue weighted by Crippen LogP contribution is -2.59. The molecule has 3 heterocycles. The number of aromatic amines is 1. The average molecular weight is 540 g/mol. The molecule has 0 bridgehead atoms. The Labute approximate surface area is 217 Å². The van der Waals surface area contributed by atoms with E-state index in [1.54, 1.807) is 24.3 Å². The van der Waals surface area contributed by atoms with Crippen LogP contribution in [0.5, 0.6) is 0 Å². The van der Waals surface area contributed by atoms with Gasteiger partial charge in [-0.05, 0) is 44.2 Å². The smallest absolute Gasteiger partial charge is 0.280 e. The second-order valence-corrected chi connectivity index (χ2v) is 10.6. The zero-order valence-corrected chi connectivity index (χ0v) is 21.3. The number of rotatable bonds is 4. The van der Waals surface area contributed by atoms with E-state index in [-0.39, 0.29) is 37.1 Å². The number of carbonyl (C=O) groups is 2. The number of H-pyrrole nitrogens is 1. The zero-order valence-electron chi connectivity index (χ0n) is 19.0. The topological polar surface area (TPSA) is 131 Å². The third-order valence-electron chi connectivity index (χ3n) is 6.50. The molecule has 1 aliphatic carbocycles. The van der Waals surface area contributed by atoms with Gasteiger partial charge in [0, 0.05) is 40.3 Å². The van der Waals surface area contributed by atoms with Crippen LogP contribution in [0.4, 0.5) is 0 Å². The summed E-state index contributed by atoms with van der Waals surface area (Å²) in [4.78, 5) is 36.8. The summed E-state index contributed by atoms with van der Waals surface area (Å²) in [7, 11) is 2.03. The highest BCUT2D eigenvalue weighted by molar-refractivity contribution is 7.13. The molecule has 4 unspecified atom stereocenters. The Morgan fingerprint density at radius 2 is 1.83 bits per heavy atom. The molecule has 5 N–H and O–H groups in total. The van der Waals surface area contributed by atoms with Gasteiger partial charge >= 0.3 is 0 Å². The minimum Gasteiger partial charge on any atom is -0.390 e. The van der Waals surface area contributed by atoms with Crippen molar-refractivity contribution in [1.82, 2.24) is 25.5 Å². The number of carbonyl (C=O) groups excluding carboxylic acids is 2. The van der Waals surface area contributed by atoms with E-state index >= 15 is 0 Å². The lowest BCUT2D eigenvalue weighted by Gasteiger charge is -2.37. The van der Waals surface area contributed by atoms with Crippen molar-refractivity contribution in [2.75, 3.05) is 13.6 Å². The zero-order chi connectivity index (χ0) is 24.0. The number of hydrogen-bond donors (Lipinski definition) is 5. The van der Waals surface area contributed by atoms with Crippen LogP contribution in [0.25, 0.3) is 10.9 Å². The van der Waals surface area contributed by atoms with Gasteiger partial charge in [0.15, 0.2) is 5.01 Å². The molecular formula is C23H27Cl2N5O4S. The van der Waals surface area contributed by atoms with E-state index < -0.39 is 24.3 Å². The van der Waals surface area contributed by atoms with Gasteiger partial charge in [-0.2, -0.15) is 0 Å². The van der Waals surface area contributed by atoms with Gasteiger partial charge < -0.3 is 30.7 Å². The summed E-state index contributed by atoms with van der Waals surface area (Å²) in [5.41, 5.74) is 2.08. The van der Waals surface area contributed by atoms with Crippen molar-refractivity contribution in [1.29, 1.82) is 0 Å². The standard InChI is InChI=1S/C23H26ClN5O4S.ClH/c1-29-5-4-14-20(10-29)34-23(28-14)22(33)27-16-9-19(31)18(30)8-15(16)26-21(32)17-7-11-6-12(24)2-3-13(11)25-17;/h2-3,6-7,15-16,18-19,25,30-31H,4-5,8-10H2,1H3,(H,26,32)(H,27,33);1H. The highest BCUT2D eigenvalue weighted by Gasteiger charge is 2.38. The molecule has 4 atom stereocenters. The van der Waals surface area contributed by atoms with E-state index in [0.29, 0.717) is 15.7 Å². The van der Waals surface area contributed by atoms with E-state index in [1.165, 1.54) is 11.3 Å². The van der Waals surface area contributed by atoms with E-state index in [4.69, 9.17) is 11.6 Å². The van der Waals surface area contributed by atoms with Gasteiger partial charge in [-0.1, -0.05) is 11.6 Å². The largest absolute Gasteiger partial charge is 0.390 e. The van der Waals surface area contributed by atoms with Crippen molar-refractivity contribution in [3.05, 3.63) is 50.6 Å². The number of nitrogens with one attached hydrogen (secondary N) is 3.